The van der Waals surface area contributed by atoms with E-state index in [2.05, 4.69) is 15.9 Å². The van der Waals surface area contributed by atoms with Gasteiger partial charge in [-0.3, -0.25) is 4.79 Å². The first-order valence-corrected chi connectivity index (χ1v) is 7.59. The summed E-state index contributed by atoms with van der Waals surface area (Å²) >= 11 is 3.42. The van der Waals surface area contributed by atoms with Gasteiger partial charge in [0.2, 0.25) is 5.91 Å². The number of nitrogens with zero attached hydrogens (tertiary/aromatic N) is 1. The molecule has 0 aromatic heterocycles. The van der Waals surface area contributed by atoms with E-state index >= 15 is 0 Å². The van der Waals surface area contributed by atoms with Crippen LogP contribution in [0, 0.1) is 5.82 Å². The van der Waals surface area contributed by atoms with Crippen LogP contribution in [0.5, 0.6) is 5.75 Å². The van der Waals surface area contributed by atoms with Gasteiger partial charge in [-0.2, -0.15) is 0 Å². The maximum absolute atomic E-state index is 12.9. The maximum Gasteiger partial charge on any atom is 0.227 e. The highest BCUT2D eigenvalue weighted by molar-refractivity contribution is 9.10. The summed E-state index contributed by atoms with van der Waals surface area (Å²) in [7, 11) is 3.35. The molecule has 3 nitrogen and oxygen atoms in total. The normalized spacial score (nSPS) is 10.4. The number of ether oxygens (including phenoxy) is 1. The van der Waals surface area contributed by atoms with E-state index in [0.717, 1.165) is 21.3 Å². The van der Waals surface area contributed by atoms with Gasteiger partial charge in [-0.15, -0.1) is 0 Å². The lowest BCUT2D eigenvalue weighted by molar-refractivity contribution is -0.129. The summed E-state index contributed by atoms with van der Waals surface area (Å²) in [6.45, 7) is 0.447. The fourth-order valence-corrected chi connectivity index (χ4v) is 2.53. The first-order valence-electron chi connectivity index (χ1n) is 6.80. The molecule has 0 heterocycles. The van der Waals surface area contributed by atoms with Gasteiger partial charge in [-0.25, -0.2) is 4.39 Å². The van der Waals surface area contributed by atoms with Crippen molar-refractivity contribution in [1.29, 1.82) is 0 Å². The Bertz CT molecular complexity index is 658. The first kappa shape index (κ1) is 16.5. The van der Waals surface area contributed by atoms with Crippen molar-refractivity contribution in [2.45, 2.75) is 13.0 Å². The molecule has 2 rings (SSSR count). The van der Waals surface area contributed by atoms with Crippen LogP contribution in [0.1, 0.15) is 11.1 Å². The Morgan fingerprint density at radius 2 is 1.91 bits per heavy atom. The lowest BCUT2D eigenvalue weighted by atomic mass is 10.1. The topological polar surface area (TPSA) is 29.5 Å². The molecule has 0 aliphatic heterocycles. The Labute approximate surface area is 137 Å². The van der Waals surface area contributed by atoms with E-state index in [1.54, 1.807) is 31.2 Å². The van der Waals surface area contributed by atoms with Crippen molar-refractivity contribution in [3.63, 3.8) is 0 Å². The van der Waals surface area contributed by atoms with Crippen LogP contribution in [0.25, 0.3) is 0 Å². The summed E-state index contributed by atoms with van der Waals surface area (Å²) in [5.41, 5.74) is 1.71. The van der Waals surface area contributed by atoms with Gasteiger partial charge < -0.3 is 9.64 Å². The maximum atomic E-state index is 12.9. The molecule has 0 atom stereocenters. The summed E-state index contributed by atoms with van der Waals surface area (Å²) in [6.07, 6.45) is 0.243. The summed E-state index contributed by atoms with van der Waals surface area (Å²) in [5.74, 6) is 0.404. The molecule has 0 saturated carbocycles. The van der Waals surface area contributed by atoms with E-state index in [-0.39, 0.29) is 18.1 Å². The lowest BCUT2D eigenvalue weighted by Gasteiger charge is -2.19. The molecule has 0 N–H and O–H groups in total. The number of carbonyl (C=O) groups is 1. The SMILES string of the molecule is COc1ccc(Br)cc1CN(C)C(=O)Cc1ccc(F)cc1. The van der Waals surface area contributed by atoms with Crippen LogP contribution in [-0.2, 0) is 17.8 Å². The highest BCUT2D eigenvalue weighted by Crippen LogP contribution is 2.24. The van der Waals surface area contributed by atoms with E-state index < -0.39 is 0 Å². The molecule has 2 aromatic carbocycles. The van der Waals surface area contributed by atoms with Crippen molar-refractivity contribution < 1.29 is 13.9 Å². The fraction of sp³-hybridized carbons (Fsp3) is 0.235. The largest absolute Gasteiger partial charge is 0.496 e. The number of methoxy groups -OCH3 is 1. The van der Waals surface area contributed by atoms with Crippen molar-refractivity contribution in [2.75, 3.05) is 14.2 Å². The van der Waals surface area contributed by atoms with E-state index in [1.807, 2.05) is 18.2 Å². The van der Waals surface area contributed by atoms with Crippen molar-refractivity contribution in [2.24, 2.45) is 0 Å². The zero-order valence-electron chi connectivity index (χ0n) is 12.5. The predicted octanol–water partition coefficient (Wildman–Crippen LogP) is 3.80. The average molecular weight is 366 g/mol. The molecular formula is C17H17BrFNO2. The Balaban J connectivity index is 2.05. The van der Waals surface area contributed by atoms with Crippen LogP contribution in [0.3, 0.4) is 0 Å². The second kappa shape index (κ2) is 7.40. The minimum absolute atomic E-state index is 0.0337. The smallest absolute Gasteiger partial charge is 0.227 e. The third-order valence-corrected chi connectivity index (χ3v) is 3.84. The summed E-state index contributed by atoms with van der Waals surface area (Å²) in [4.78, 5) is 13.9. The molecule has 1 amide bonds. The molecule has 22 heavy (non-hydrogen) atoms. The molecule has 0 spiro atoms. The molecule has 5 heteroatoms. The standard InChI is InChI=1S/C17H17BrFNO2/c1-20(11-13-10-14(18)5-8-16(13)22-2)17(21)9-12-3-6-15(19)7-4-12/h3-8,10H,9,11H2,1-2H3. The second-order valence-electron chi connectivity index (χ2n) is 5.01. The molecule has 0 fully saturated rings. The summed E-state index contributed by atoms with van der Waals surface area (Å²) in [6, 6.07) is 11.7. The van der Waals surface area contributed by atoms with E-state index in [1.165, 1.54) is 12.1 Å². The molecule has 0 bridgehead atoms. The molecule has 0 radical (unpaired) electrons. The molecular weight excluding hydrogens is 349 g/mol. The Hall–Kier alpha value is -1.88. The zero-order valence-corrected chi connectivity index (χ0v) is 14.1. The highest BCUT2D eigenvalue weighted by Gasteiger charge is 2.13. The van der Waals surface area contributed by atoms with Gasteiger partial charge in [0, 0.05) is 23.6 Å². The van der Waals surface area contributed by atoms with Crippen molar-refractivity contribution >= 4 is 21.8 Å². The quantitative estimate of drug-likeness (QED) is 0.806. The van der Waals surface area contributed by atoms with E-state index in [4.69, 9.17) is 4.74 Å². The molecule has 2 aromatic rings. The number of rotatable bonds is 5. The minimum atomic E-state index is -0.302. The molecule has 0 aliphatic carbocycles. The van der Waals surface area contributed by atoms with Crippen LogP contribution >= 0.6 is 15.9 Å². The average Bonchev–Trinajstić information content (AvgIpc) is 2.49. The van der Waals surface area contributed by atoms with Gasteiger partial charge in [0.1, 0.15) is 11.6 Å². The highest BCUT2D eigenvalue weighted by atomic mass is 79.9. The number of hydrogen-bond acceptors (Lipinski definition) is 2. The number of benzene rings is 2. The number of likely N-dealkylation sites (N-methyl/N-ethyl adjacent to an activating group) is 1. The summed E-state index contributed by atoms with van der Waals surface area (Å²) < 4.78 is 19.1. The zero-order chi connectivity index (χ0) is 16.1. The minimum Gasteiger partial charge on any atom is -0.496 e. The van der Waals surface area contributed by atoms with Gasteiger partial charge in [-0.1, -0.05) is 28.1 Å². The van der Waals surface area contributed by atoms with Crippen LogP contribution in [-0.4, -0.2) is 25.0 Å². The molecule has 0 unspecified atom stereocenters. The lowest BCUT2D eigenvalue weighted by Crippen LogP contribution is -2.27. The molecule has 0 saturated heterocycles. The van der Waals surface area contributed by atoms with Crippen LogP contribution in [0.2, 0.25) is 0 Å². The number of carbonyl (C=O) groups excluding carboxylic acids is 1. The molecule has 116 valence electrons. The van der Waals surface area contributed by atoms with Gasteiger partial charge in [0.15, 0.2) is 0 Å². The fourth-order valence-electron chi connectivity index (χ4n) is 2.13. The monoisotopic (exact) mass is 365 g/mol. The Morgan fingerprint density at radius 1 is 1.23 bits per heavy atom. The second-order valence-corrected chi connectivity index (χ2v) is 5.92. The van der Waals surface area contributed by atoms with Crippen molar-refractivity contribution in [3.05, 3.63) is 63.9 Å². The third-order valence-electron chi connectivity index (χ3n) is 3.34. The van der Waals surface area contributed by atoms with E-state index in [0.29, 0.717) is 6.54 Å². The van der Waals surface area contributed by atoms with Crippen LogP contribution in [0.15, 0.2) is 46.9 Å². The van der Waals surface area contributed by atoms with Crippen LogP contribution < -0.4 is 4.74 Å². The van der Waals surface area contributed by atoms with Crippen LogP contribution in [0.4, 0.5) is 4.39 Å². The van der Waals surface area contributed by atoms with Gasteiger partial charge in [0.25, 0.3) is 0 Å². The van der Waals surface area contributed by atoms with Gasteiger partial charge in [0.05, 0.1) is 13.5 Å². The van der Waals surface area contributed by atoms with Gasteiger partial charge >= 0.3 is 0 Å². The summed E-state index contributed by atoms with van der Waals surface area (Å²) in [5, 5.41) is 0. The molecule has 0 aliphatic rings. The predicted molar refractivity (Wildman–Crippen MR) is 87.3 cm³/mol. The van der Waals surface area contributed by atoms with E-state index in [9.17, 15) is 9.18 Å². The first-order chi connectivity index (χ1) is 10.5. The Kier molecular flexibility index (Phi) is 5.55. The van der Waals surface area contributed by atoms with Gasteiger partial charge in [-0.05, 0) is 35.9 Å². The Morgan fingerprint density at radius 3 is 2.55 bits per heavy atom. The number of halogens is 2. The van der Waals surface area contributed by atoms with Crippen molar-refractivity contribution in [1.82, 2.24) is 4.90 Å². The van der Waals surface area contributed by atoms with Crippen molar-refractivity contribution in [3.8, 4) is 5.75 Å². The third kappa shape index (κ3) is 4.31. The number of amides is 1. The number of hydrogen-bond donors (Lipinski definition) is 0.